The Hall–Kier alpha value is -2.06. The Morgan fingerprint density at radius 2 is 2.15 bits per heavy atom. The van der Waals surface area contributed by atoms with Crippen molar-refractivity contribution >= 4 is 11.9 Å². The molecular weight excluding hydrogens is 342 g/mol. The van der Waals surface area contributed by atoms with E-state index >= 15 is 0 Å². The van der Waals surface area contributed by atoms with Gasteiger partial charge in [0.15, 0.2) is 0 Å². The van der Waals surface area contributed by atoms with Crippen molar-refractivity contribution in [3.8, 4) is 11.8 Å². The Labute approximate surface area is 163 Å². The summed E-state index contributed by atoms with van der Waals surface area (Å²) in [6.45, 7) is 4.59. The van der Waals surface area contributed by atoms with E-state index in [0.29, 0.717) is 32.2 Å². The number of carboxylic acids is 1. The van der Waals surface area contributed by atoms with Crippen LogP contribution in [0.1, 0.15) is 65.2 Å². The summed E-state index contributed by atoms with van der Waals surface area (Å²) in [5.41, 5.74) is 0. The lowest BCUT2D eigenvalue weighted by Crippen LogP contribution is -2.32. The molecule has 0 aromatic carbocycles. The van der Waals surface area contributed by atoms with Gasteiger partial charge in [-0.2, -0.15) is 0 Å². The number of carboxylic acid groups (broad SMARTS) is 1. The fourth-order valence-electron chi connectivity index (χ4n) is 2.87. The molecule has 0 aromatic heterocycles. The maximum Gasteiger partial charge on any atom is 0.303 e. The van der Waals surface area contributed by atoms with Crippen LogP contribution in [0.2, 0.25) is 0 Å². The lowest BCUT2D eigenvalue weighted by molar-refractivity contribution is -0.137. The second-order valence-electron chi connectivity index (χ2n) is 7.07. The molecule has 0 aromatic rings. The number of carbonyl (C=O) groups excluding carboxylic acids is 1. The fraction of sp³-hybridized carbons (Fsp3) is 0.636. The Morgan fingerprint density at radius 1 is 1.37 bits per heavy atom. The van der Waals surface area contributed by atoms with Gasteiger partial charge in [-0.15, -0.1) is 11.8 Å². The first-order chi connectivity index (χ1) is 13.0. The average Bonchev–Trinajstić information content (AvgIpc) is 2.99. The number of hydrogen-bond acceptors (Lipinski definition) is 3. The third-order valence-corrected chi connectivity index (χ3v) is 4.64. The van der Waals surface area contributed by atoms with Crippen LogP contribution in [0.5, 0.6) is 0 Å². The van der Waals surface area contributed by atoms with Gasteiger partial charge >= 0.3 is 5.97 Å². The van der Waals surface area contributed by atoms with Gasteiger partial charge in [-0.25, -0.2) is 0 Å². The van der Waals surface area contributed by atoms with Crippen LogP contribution in [0, 0.1) is 17.8 Å². The molecular formula is C22H33NO4. The predicted octanol–water partition coefficient (Wildman–Crippen LogP) is 3.54. The maximum atomic E-state index is 12.1. The van der Waals surface area contributed by atoms with Crippen molar-refractivity contribution < 1.29 is 19.8 Å². The molecule has 150 valence electrons. The molecule has 1 heterocycles. The van der Waals surface area contributed by atoms with Crippen molar-refractivity contribution in [1.29, 1.82) is 0 Å². The van der Waals surface area contributed by atoms with Crippen LogP contribution in [-0.4, -0.2) is 45.7 Å². The molecule has 1 amide bonds. The SMILES string of the molecule is CCCC#CC[C@H](C)[C@H](O)/C=C/[C@H]1CCC(=O)N1CC=CCCCC(=O)O. The van der Waals surface area contributed by atoms with E-state index in [-0.39, 0.29) is 24.3 Å². The molecule has 1 saturated heterocycles. The zero-order valence-electron chi connectivity index (χ0n) is 16.6. The Kier molecular flexibility index (Phi) is 11.2. The van der Waals surface area contributed by atoms with Crippen LogP contribution in [0.25, 0.3) is 0 Å². The molecule has 3 atom stereocenters. The van der Waals surface area contributed by atoms with E-state index in [4.69, 9.17) is 5.11 Å². The lowest BCUT2D eigenvalue weighted by atomic mass is 10.00. The second kappa shape index (κ2) is 13.2. The summed E-state index contributed by atoms with van der Waals surface area (Å²) in [6, 6.07) is 0.00851. The highest BCUT2D eigenvalue weighted by atomic mass is 16.4. The van der Waals surface area contributed by atoms with E-state index < -0.39 is 12.1 Å². The molecule has 27 heavy (non-hydrogen) atoms. The van der Waals surface area contributed by atoms with Crippen molar-refractivity contribution in [3.05, 3.63) is 24.3 Å². The highest BCUT2D eigenvalue weighted by Gasteiger charge is 2.28. The number of hydrogen-bond donors (Lipinski definition) is 2. The molecule has 1 aliphatic heterocycles. The number of aliphatic hydroxyl groups is 1. The van der Waals surface area contributed by atoms with E-state index in [1.165, 1.54) is 0 Å². The zero-order chi connectivity index (χ0) is 20.1. The number of rotatable bonds is 11. The van der Waals surface area contributed by atoms with Crippen molar-refractivity contribution in [2.75, 3.05) is 6.54 Å². The zero-order valence-corrected chi connectivity index (χ0v) is 16.6. The number of aliphatic carboxylic acids is 1. The highest BCUT2D eigenvalue weighted by molar-refractivity contribution is 5.79. The fourth-order valence-corrected chi connectivity index (χ4v) is 2.87. The molecule has 1 aliphatic rings. The molecule has 0 unspecified atom stereocenters. The summed E-state index contributed by atoms with van der Waals surface area (Å²) < 4.78 is 0. The van der Waals surface area contributed by atoms with Crippen molar-refractivity contribution in [3.63, 3.8) is 0 Å². The van der Waals surface area contributed by atoms with Gasteiger partial charge in [0, 0.05) is 32.2 Å². The largest absolute Gasteiger partial charge is 0.481 e. The Bertz CT molecular complexity index is 585. The van der Waals surface area contributed by atoms with Crippen molar-refractivity contribution in [1.82, 2.24) is 4.90 Å². The number of unbranched alkanes of at least 4 members (excludes halogenated alkanes) is 2. The minimum absolute atomic E-state index is 0.00851. The minimum Gasteiger partial charge on any atom is -0.481 e. The molecule has 5 heteroatoms. The number of amides is 1. The van der Waals surface area contributed by atoms with E-state index in [2.05, 4.69) is 18.8 Å². The standard InChI is InChI=1S/C22H33NO4/c1-3-4-5-8-11-18(2)20(24)15-13-19-14-16-21(25)23(19)17-10-7-6-9-12-22(26)27/h7,10,13,15,18-20,24H,3-4,6,9,11-12,14,16-17H2,1-2H3,(H,26,27)/b10-7?,15-13+/t18-,19-,20+/m0/s1. The van der Waals surface area contributed by atoms with Gasteiger partial charge in [-0.3, -0.25) is 9.59 Å². The molecule has 0 radical (unpaired) electrons. The molecule has 2 N–H and O–H groups in total. The van der Waals surface area contributed by atoms with E-state index in [9.17, 15) is 14.7 Å². The Morgan fingerprint density at radius 3 is 2.85 bits per heavy atom. The van der Waals surface area contributed by atoms with E-state index in [1.807, 2.05) is 30.1 Å². The van der Waals surface area contributed by atoms with E-state index in [1.54, 1.807) is 6.08 Å². The van der Waals surface area contributed by atoms with Gasteiger partial charge in [0.25, 0.3) is 0 Å². The maximum absolute atomic E-state index is 12.1. The smallest absolute Gasteiger partial charge is 0.303 e. The molecule has 1 rings (SSSR count). The highest BCUT2D eigenvalue weighted by Crippen LogP contribution is 2.20. The predicted molar refractivity (Wildman–Crippen MR) is 107 cm³/mol. The topological polar surface area (TPSA) is 77.8 Å². The summed E-state index contributed by atoms with van der Waals surface area (Å²) in [5, 5.41) is 18.9. The summed E-state index contributed by atoms with van der Waals surface area (Å²) >= 11 is 0. The summed E-state index contributed by atoms with van der Waals surface area (Å²) in [6.07, 6.45) is 12.4. The molecule has 1 fully saturated rings. The number of nitrogens with zero attached hydrogens (tertiary/aromatic N) is 1. The molecule has 0 bridgehead atoms. The third kappa shape index (κ3) is 9.44. The monoisotopic (exact) mass is 375 g/mol. The molecule has 0 saturated carbocycles. The summed E-state index contributed by atoms with van der Waals surface area (Å²) in [7, 11) is 0. The van der Waals surface area contributed by atoms with Crippen LogP contribution in [-0.2, 0) is 9.59 Å². The first-order valence-electron chi connectivity index (χ1n) is 9.94. The Balaban J connectivity index is 2.46. The first-order valence-corrected chi connectivity index (χ1v) is 9.94. The normalized spacial score (nSPS) is 19.4. The van der Waals surface area contributed by atoms with Gasteiger partial charge in [0.2, 0.25) is 5.91 Å². The quantitative estimate of drug-likeness (QED) is 0.329. The minimum atomic E-state index is -0.785. The van der Waals surface area contributed by atoms with Crippen molar-refractivity contribution in [2.24, 2.45) is 5.92 Å². The van der Waals surface area contributed by atoms with Crippen LogP contribution >= 0.6 is 0 Å². The number of carbonyl (C=O) groups is 2. The van der Waals surface area contributed by atoms with Gasteiger partial charge in [0.05, 0.1) is 12.1 Å². The first kappa shape index (κ1) is 23.0. The van der Waals surface area contributed by atoms with Crippen LogP contribution < -0.4 is 0 Å². The van der Waals surface area contributed by atoms with Gasteiger partial charge in [-0.1, -0.05) is 38.2 Å². The van der Waals surface area contributed by atoms with Gasteiger partial charge in [0.1, 0.15) is 0 Å². The number of aliphatic hydroxyl groups excluding tert-OH is 1. The molecule has 5 nitrogen and oxygen atoms in total. The average molecular weight is 376 g/mol. The van der Waals surface area contributed by atoms with Crippen LogP contribution in [0.4, 0.5) is 0 Å². The molecule has 0 aliphatic carbocycles. The van der Waals surface area contributed by atoms with E-state index in [0.717, 1.165) is 19.3 Å². The number of allylic oxidation sites excluding steroid dienone is 1. The third-order valence-electron chi connectivity index (χ3n) is 4.64. The van der Waals surface area contributed by atoms with Gasteiger partial charge < -0.3 is 15.1 Å². The lowest BCUT2D eigenvalue weighted by Gasteiger charge is -2.21. The molecule has 0 spiro atoms. The number of likely N-dealkylation sites (tertiary alicyclic amines) is 1. The van der Waals surface area contributed by atoms with Crippen LogP contribution in [0.3, 0.4) is 0 Å². The van der Waals surface area contributed by atoms with Gasteiger partial charge in [-0.05, 0) is 31.6 Å². The summed E-state index contributed by atoms with van der Waals surface area (Å²) in [4.78, 5) is 24.4. The van der Waals surface area contributed by atoms with Crippen LogP contribution in [0.15, 0.2) is 24.3 Å². The van der Waals surface area contributed by atoms with Crippen molar-refractivity contribution in [2.45, 2.75) is 77.4 Å². The second-order valence-corrected chi connectivity index (χ2v) is 7.07. The summed E-state index contributed by atoms with van der Waals surface area (Å²) in [5.74, 6) is 5.60.